The number of rotatable bonds is 10. The summed E-state index contributed by atoms with van der Waals surface area (Å²) in [4.78, 5) is 28.3. The molecule has 2 fully saturated rings. The van der Waals surface area contributed by atoms with Gasteiger partial charge < -0.3 is 9.64 Å². The highest BCUT2D eigenvalue weighted by Crippen LogP contribution is 2.33. The van der Waals surface area contributed by atoms with Crippen LogP contribution in [0.2, 0.25) is 0 Å². The first kappa shape index (κ1) is 32.2. The summed E-state index contributed by atoms with van der Waals surface area (Å²) in [5, 5.41) is 11.8. The molecule has 1 saturated heterocycles. The van der Waals surface area contributed by atoms with Crippen molar-refractivity contribution in [2.24, 2.45) is 0 Å². The number of piperazine rings is 1. The lowest BCUT2D eigenvalue weighted by atomic mass is 9.98. The molecule has 0 spiro atoms. The molecule has 47 heavy (non-hydrogen) atoms. The number of amides is 1. The third kappa shape index (κ3) is 7.81. The molecule has 1 aliphatic heterocycles. The van der Waals surface area contributed by atoms with Crippen LogP contribution in [0.15, 0.2) is 102 Å². The Morgan fingerprint density at radius 3 is 2.23 bits per heavy atom. The molecule has 10 nitrogen and oxygen atoms in total. The van der Waals surface area contributed by atoms with E-state index in [1.165, 1.54) is 28.8 Å². The van der Waals surface area contributed by atoms with E-state index in [2.05, 4.69) is 58.3 Å². The summed E-state index contributed by atoms with van der Waals surface area (Å²) in [5.74, 6) is -0.788. The Balaban J connectivity index is 1.06. The Morgan fingerprint density at radius 1 is 0.851 bits per heavy atom. The molecular formula is C36H38N4O6S. The van der Waals surface area contributed by atoms with E-state index in [9.17, 15) is 23.3 Å². The SMILES string of the molecule is O=C(NS(=O)(=O)c1ccc(OC2CCCCC2)c([N+](=O)[O-])c1)c1ccc(N2CCN(Cc3ccccc3-c3ccccc3)CC2)cc1. The minimum absolute atomic E-state index is 0.0283. The summed E-state index contributed by atoms with van der Waals surface area (Å²) >= 11 is 0. The molecule has 4 aromatic carbocycles. The monoisotopic (exact) mass is 654 g/mol. The minimum Gasteiger partial charge on any atom is -0.484 e. The average molecular weight is 655 g/mol. The molecule has 0 aromatic heterocycles. The standard InChI is InChI=1S/C36H38N4O6S/c41-36(37-47(44,45)32-19-20-35(34(25-32)40(42)43)46-31-12-5-2-6-13-31)28-15-17-30(18-16-28)39-23-21-38(22-24-39)26-29-11-7-8-14-33(29)27-9-3-1-4-10-27/h1,3-4,7-11,14-20,25,31H,2,5-6,12-13,21-24,26H2,(H,37,41). The van der Waals surface area contributed by atoms with Crippen molar-refractivity contribution in [3.8, 4) is 16.9 Å². The maximum atomic E-state index is 13.1. The molecule has 1 N–H and O–H groups in total. The van der Waals surface area contributed by atoms with Crippen molar-refractivity contribution in [3.05, 3.63) is 118 Å². The second-order valence-electron chi connectivity index (χ2n) is 12.0. The highest BCUT2D eigenvalue weighted by molar-refractivity contribution is 7.90. The van der Waals surface area contributed by atoms with Gasteiger partial charge >= 0.3 is 5.69 Å². The first-order chi connectivity index (χ1) is 22.8. The normalized spacial score (nSPS) is 16.0. The van der Waals surface area contributed by atoms with Crippen LogP contribution in [-0.2, 0) is 16.6 Å². The van der Waals surface area contributed by atoms with Gasteiger partial charge in [0.05, 0.1) is 15.9 Å². The van der Waals surface area contributed by atoms with Crippen LogP contribution >= 0.6 is 0 Å². The van der Waals surface area contributed by atoms with Crippen molar-refractivity contribution in [1.29, 1.82) is 0 Å². The molecule has 6 rings (SSSR count). The van der Waals surface area contributed by atoms with Crippen LogP contribution in [0, 0.1) is 10.1 Å². The second-order valence-corrected chi connectivity index (χ2v) is 13.7. The summed E-state index contributed by atoms with van der Waals surface area (Å²) < 4.78 is 34.0. The summed E-state index contributed by atoms with van der Waals surface area (Å²) in [7, 11) is -4.37. The second kappa shape index (κ2) is 14.4. The van der Waals surface area contributed by atoms with Crippen molar-refractivity contribution in [1.82, 2.24) is 9.62 Å². The Bertz CT molecular complexity index is 1820. The number of benzene rings is 4. The van der Waals surface area contributed by atoms with E-state index in [-0.39, 0.29) is 22.3 Å². The smallest absolute Gasteiger partial charge is 0.312 e. The van der Waals surface area contributed by atoms with Gasteiger partial charge in [-0.3, -0.25) is 19.8 Å². The lowest BCUT2D eigenvalue weighted by molar-refractivity contribution is -0.386. The highest BCUT2D eigenvalue weighted by atomic mass is 32.2. The maximum Gasteiger partial charge on any atom is 0.312 e. The molecule has 4 aromatic rings. The lowest BCUT2D eigenvalue weighted by Gasteiger charge is -2.36. The Morgan fingerprint density at radius 2 is 1.53 bits per heavy atom. The van der Waals surface area contributed by atoms with Crippen LogP contribution in [-0.4, -0.2) is 56.4 Å². The Labute approximate surface area is 275 Å². The third-order valence-electron chi connectivity index (χ3n) is 8.87. The van der Waals surface area contributed by atoms with Crippen LogP contribution in [0.4, 0.5) is 11.4 Å². The van der Waals surface area contributed by atoms with Crippen molar-refractivity contribution in [3.63, 3.8) is 0 Å². The van der Waals surface area contributed by atoms with E-state index < -0.39 is 26.5 Å². The molecular weight excluding hydrogens is 616 g/mol. The van der Waals surface area contributed by atoms with Crippen molar-refractivity contribution < 1.29 is 22.9 Å². The molecule has 0 bridgehead atoms. The first-order valence-electron chi connectivity index (χ1n) is 16.0. The van der Waals surface area contributed by atoms with Gasteiger partial charge in [0.15, 0.2) is 5.75 Å². The van der Waals surface area contributed by atoms with Gasteiger partial charge in [0, 0.05) is 50.0 Å². The molecule has 1 aliphatic carbocycles. The number of ether oxygens (including phenoxy) is 1. The van der Waals surface area contributed by atoms with E-state index in [4.69, 9.17) is 4.74 Å². The van der Waals surface area contributed by atoms with Gasteiger partial charge in [-0.25, -0.2) is 13.1 Å². The minimum atomic E-state index is -4.37. The number of nitro benzene ring substituents is 1. The van der Waals surface area contributed by atoms with E-state index in [0.29, 0.717) is 0 Å². The zero-order valence-electron chi connectivity index (χ0n) is 26.1. The van der Waals surface area contributed by atoms with Gasteiger partial charge in [0.1, 0.15) is 0 Å². The van der Waals surface area contributed by atoms with Crippen LogP contribution in [0.25, 0.3) is 11.1 Å². The average Bonchev–Trinajstić information content (AvgIpc) is 3.09. The molecule has 0 unspecified atom stereocenters. The highest BCUT2D eigenvalue weighted by Gasteiger charge is 2.27. The van der Waals surface area contributed by atoms with Crippen LogP contribution in [0.5, 0.6) is 5.75 Å². The maximum absolute atomic E-state index is 13.1. The van der Waals surface area contributed by atoms with Crippen molar-refractivity contribution >= 4 is 27.3 Å². The number of anilines is 1. The number of carbonyl (C=O) groups is 1. The number of sulfonamides is 1. The fourth-order valence-corrected chi connectivity index (χ4v) is 7.29. The topological polar surface area (TPSA) is 122 Å². The predicted octanol–water partition coefficient (Wildman–Crippen LogP) is 6.41. The zero-order valence-corrected chi connectivity index (χ0v) is 26.9. The van der Waals surface area contributed by atoms with Crippen LogP contribution in [0.3, 0.4) is 0 Å². The third-order valence-corrected chi connectivity index (χ3v) is 10.2. The number of hydrogen-bond acceptors (Lipinski definition) is 8. The fraction of sp³-hybridized carbons (Fsp3) is 0.306. The number of carbonyl (C=O) groups excluding carboxylic acids is 1. The summed E-state index contributed by atoms with van der Waals surface area (Å²) in [6, 6.07) is 29.1. The van der Waals surface area contributed by atoms with Gasteiger partial charge in [-0.15, -0.1) is 0 Å². The number of nitrogens with one attached hydrogen (secondary N) is 1. The fourth-order valence-electron chi connectivity index (χ4n) is 6.30. The quantitative estimate of drug-likeness (QED) is 0.154. The molecule has 244 valence electrons. The van der Waals surface area contributed by atoms with Gasteiger partial charge in [-0.05, 0) is 78.8 Å². The molecule has 1 heterocycles. The molecule has 1 amide bonds. The molecule has 11 heteroatoms. The van der Waals surface area contributed by atoms with Crippen LogP contribution in [0.1, 0.15) is 48.0 Å². The number of hydrogen-bond donors (Lipinski definition) is 1. The van der Waals surface area contributed by atoms with Gasteiger partial charge in [0.2, 0.25) is 0 Å². The Kier molecular flexibility index (Phi) is 9.84. The van der Waals surface area contributed by atoms with Crippen LogP contribution < -0.4 is 14.4 Å². The molecule has 1 saturated carbocycles. The summed E-state index contributed by atoms with van der Waals surface area (Å²) in [6.45, 7) is 4.23. The molecule has 0 radical (unpaired) electrons. The van der Waals surface area contributed by atoms with E-state index in [1.54, 1.807) is 12.1 Å². The van der Waals surface area contributed by atoms with E-state index in [1.807, 2.05) is 22.9 Å². The van der Waals surface area contributed by atoms with Crippen molar-refractivity contribution in [2.45, 2.75) is 49.6 Å². The number of nitro groups is 1. The van der Waals surface area contributed by atoms with E-state index >= 15 is 0 Å². The summed E-state index contributed by atoms with van der Waals surface area (Å²) in [6.07, 6.45) is 4.53. The number of nitrogens with zero attached hydrogens (tertiary/aromatic N) is 3. The summed E-state index contributed by atoms with van der Waals surface area (Å²) in [5.41, 5.74) is 4.40. The zero-order chi connectivity index (χ0) is 32.8. The molecule has 0 atom stereocenters. The van der Waals surface area contributed by atoms with E-state index in [0.717, 1.165) is 76.6 Å². The molecule has 2 aliphatic rings. The largest absolute Gasteiger partial charge is 0.484 e. The van der Waals surface area contributed by atoms with Gasteiger partial charge in [-0.2, -0.15) is 0 Å². The predicted molar refractivity (Wildman–Crippen MR) is 181 cm³/mol. The van der Waals surface area contributed by atoms with Gasteiger partial charge in [-0.1, -0.05) is 61.0 Å². The first-order valence-corrected chi connectivity index (χ1v) is 17.5. The lowest BCUT2D eigenvalue weighted by Crippen LogP contribution is -2.46. The van der Waals surface area contributed by atoms with Gasteiger partial charge in [0.25, 0.3) is 15.9 Å². The Hall–Kier alpha value is -4.74. The van der Waals surface area contributed by atoms with Crippen molar-refractivity contribution in [2.75, 3.05) is 31.1 Å².